The second-order valence-electron chi connectivity index (χ2n) is 6.29. The summed E-state index contributed by atoms with van der Waals surface area (Å²) in [6, 6.07) is 0. The summed E-state index contributed by atoms with van der Waals surface area (Å²) < 4.78 is 4.93. The Labute approximate surface area is 128 Å². The van der Waals surface area contributed by atoms with E-state index in [0.29, 0.717) is 32.6 Å². The molecular weight excluding hydrogens is 276 g/mol. The average Bonchev–Trinajstić information content (AvgIpc) is 2.32. The Hall–Kier alpha value is -0.300. The SMILES string of the molecule is CC(C)(C)C(C)(S)COC(=O)CCN(CCN)CCO. The quantitative estimate of drug-likeness (QED) is 0.436. The number of hydrogen-bond donors (Lipinski definition) is 3. The van der Waals surface area contributed by atoms with E-state index in [1.165, 1.54) is 0 Å². The van der Waals surface area contributed by atoms with Crippen LogP contribution in [0.5, 0.6) is 0 Å². The first kappa shape index (κ1) is 19.7. The van der Waals surface area contributed by atoms with Crippen molar-refractivity contribution in [1.29, 1.82) is 0 Å². The molecule has 1 unspecified atom stereocenters. The van der Waals surface area contributed by atoms with Gasteiger partial charge in [0.1, 0.15) is 6.61 Å². The van der Waals surface area contributed by atoms with Crippen LogP contribution in [0.1, 0.15) is 34.1 Å². The maximum atomic E-state index is 11.8. The van der Waals surface area contributed by atoms with Crippen molar-refractivity contribution in [1.82, 2.24) is 4.90 Å². The molecule has 0 heterocycles. The average molecular weight is 306 g/mol. The fraction of sp³-hybridized carbons (Fsp3) is 0.929. The third kappa shape index (κ3) is 7.47. The van der Waals surface area contributed by atoms with Crippen molar-refractivity contribution in [2.45, 2.75) is 38.9 Å². The Morgan fingerprint density at radius 1 is 1.25 bits per heavy atom. The molecule has 0 aliphatic carbocycles. The predicted octanol–water partition coefficient (Wildman–Crippen LogP) is 0.907. The highest BCUT2D eigenvalue weighted by Gasteiger charge is 2.35. The number of ether oxygens (including phenoxy) is 1. The molecular formula is C14H30N2O3S. The zero-order valence-electron chi connectivity index (χ0n) is 13.2. The van der Waals surface area contributed by atoms with Gasteiger partial charge < -0.3 is 15.6 Å². The van der Waals surface area contributed by atoms with Gasteiger partial charge in [-0.25, -0.2) is 0 Å². The second-order valence-corrected chi connectivity index (χ2v) is 7.28. The smallest absolute Gasteiger partial charge is 0.307 e. The molecule has 0 rings (SSSR count). The highest BCUT2D eigenvalue weighted by Crippen LogP contribution is 2.35. The molecule has 0 aliphatic heterocycles. The fourth-order valence-electron chi connectivity index (χ4n) is 1.42. The van der Waals surface area contributed by atoms with E-state index < -0.39 is 0 Å². The number of carbonyl (C=O) groups is 1. The number of hydrogen-bond acceptors (Lipinski definition) is 6. The van der Waals surface area contributed by atoms with Gasteiger partial charge in [0, 0.05) is 30.9 Å². The summed E-state index contributed by atoms with van der Waals surface area (Å²) in [6.07, 6.45) is 0.300. The molecule has 0 bridgehead atoms. The second kappa shape index (κ2) is 8.87. The maximum absolute atomic E-state index is 11.8. The molecule has 0 saturated heterocycles. The number of carbonyl (C=O) groups excluding carboxylic acids is 1. The number of nitrogens with zero attached hydrogens (tertiary/aromatic N) is 1. The van der Waals surface area contributed by atoms with Gasteiger partial charge in [-0.15, -0.1) is 0 Å². The molecule has 0 radical (unpaired) electrons. The number of rotatable bonds is 9. The minimum atomic E-state index is -0.370. The molecule has 120 valence electrons. The minimum absolute atomic E-state index is 0.0567. The number of nitrogens with two attached hydrogens (primary N) is 1. The summed E-state index contributed by atoms with van der Waals surface area (Å²) in [7, 11) is 0. The first-order valence-corrected chi connectivity index (χ1v) is 7.50. The number of thiol groups is 1. The van der Waals surface area contributed by atoms with E-state index in [4.69, 9.17) is 15.6 Å². The summed E-state index contributed by atoms with van der Waals surface area (Å²) in [6.45, 7) is 10.8. The summed E-state index contributed by atoms with van der Waals surface area (Å²) >= 11 is 4.58. The van der Waals surface area contributed by atoms with E-state index >= 15 is 0 Å². The summed E-state index contributed by atoms with van der Waals surface area (Å²) in [5, 5.41) is 8.92. The van der Waals surface area contributed by atoms with Crippen LogP contribution in [0.25, 0.3) is 0 Å². The molecule has 0 aromatic carbocycles. The number of esters is 1. The van der Waals surface area contributed by atoms with Crippen molar-refractivity contribution in [3.8, 4) is 0 Å². The van der Waals surface area contributed by atoms with Gasteiger partial charge >= 0.3 is 5.97 Å². The van der Waals surface area contributed by atoms with Gasteiger partial charge in [0.2, 0.25) is 0 Å². The van der Waals surface area contributed by atoms with Crippen molar-refractivity contribution in [2.24, 2.45) is 11.1 Å². The standard InChI is InChI=1S/C14H30N2O3S/c1-13(2,3)14(4,20)11-19-12(18)5-7-16(8-6-15)9-10-17/h17,20H,5-11,15H2,1-4H3. The van der Waals surface area contributed by atoms with Crippen LogP contribution < -0.4 is 5.73 Å². The molecule has 0 amide bonds. The van der Waals surface area contributed by atoms with Crippen LogP contribution in [-0.4, -0.2) is 60.1 Å². The van der Waals surface area contributed by atoms with E-state index in [2.05, 4.69) is 33.4 Å². The Kier molecular flexibility index (Phi) is 8.74. The molecule has 0 aliphatic rings. The third-order valence-corrected chi connectivity index (χ3v) is 4.42. The van der Waals surface area contributed by atoms with Crippen molar-refractivity contribution in [3.05, 3.63) is 0 Å². The summed E-state index contributed by atoms with van der Waals surface area (Å²) in [5.41, 5.74) is 5.42. The maximum Gasteiger partial charge on any atom is 0.307 e. The van der Waals surface area contributed by atoms with Crippen LogP contribution in [0, 0.1) is 5.41 Å². The highest BCUT2D eigenvalue weighted by atomic mass is 32.1. The fourth-order valence-corrected chi connectivity index (χ4v) is 1.48. The first-order chi connectivity index (χ1) is 9.14. The minimum Gasteiger partial charge on any atom is -0.464 e. The Balaban J connectivity index is 4.11. The molecule has 0 aromatic heterocycles. The molecule has 5 nitrogen and oxygen atoms in total. The largest absolute Gasteiger partial charge is 0.464 e. The Morgan fingerprint density at radius 3 is 2.30 bits per heavy atom. The van der Waals surface area contributed by atoms with Gasteiger partial charge in [-0.05, 0) is 12.3 Å². The van der Waals surface area contributed by atoms with E-state index in [1.807, 2.05) is 11.8 Å². The predicted molar refractivity (Wildman–Crippen MR) is 85.0 cm³/mol. The third-order valence-electron chi connectivity index (χ3n) is 3.62. The van der Waals surface area contributed by atoms with Crippen molar-refractivity contribution >= 4 is 18.6 Å². The molecule has 0 spiro atoms. The van der Waals surface area contributed by atoms with Crippen LogP contribution in [0.15, 0.2) is 0 Å². The molecule has 0 aromatic rings. The zero-order chi connectivity index (χ0) is 15.8. The van der Waals surface area contributed by atoms with Gasteiger partial charge in [0.05, 0.1) is 13.0 Å². The van der Waals surface area contributed by atoms with Gasteiger partial charge in [0.15, 0.2) is 0 Å². The zero-order valence-corrected chi connectivity index (χ0v) is 14.1. The molecule has 1 atom stereocenters. The van der Waals surface area contributed by atoms with Crippen LogP contribution in [-0.2, 0) is 9.53 Å². The van der Waals surface area contributed by atoms with Crippen LogP contribution >= 0.6 is 12.6 Å². The van der Waals surface area contributed by atoms with Crippen LogP contribution in [0.4, 0.5) is 0 Å². The van der Waals surface area contributed by atoms with Crippen molar-refractivity contribution in [3.63, 3.8) is 0 Å². The number of aliphatic hydroxyl groups excluding tert-OH is 1. The van der Waals surface area contributed by atoms with Crippen molar-refractivity contribution in [2.75, 3.05) is 39.4 Å². The molecule has 20 heavy (non-hydrogen) atoms. The van der Waals surface area contributed by atoms with E-state index in [-0.39, 0.29) is 29.3 Å². The van der Waals surface area contributed by atoms with E-state index in [9.17, 15) is 4.79 Å². The monoisotopic (exact) mass is 306 g/mol. The lowest BCUT2D eigenvalue weighted by Crippen LogP contribution is -2.40. The Bertz CT molecular complexity index is 285. The van der Waals surface area contributed by atoms with E-state index in [0.717, 1.165) is 0 Å². The lowest BCUT2D eigenvalue weighted by Gasteiger charge is -2.37. The highest BCUT2D eigenvalue weighted by molar-refractivity contribution is 7.81. The topological polar surface area (TPSA) is 75.8 Å². The van der Waals surface area contributed by atoms with Crippen LogP contribution in [0.3, 0.4) is 0 Å². The van der Waals surface area contributed by atoms with Crippen LogP contribution in [0.2, 0.25) is 0 Å². The molecule has 0 saturated carbocycles. The molecule has 0 fully saturated rings. The van der Waals surface area contributed by atoms with E-state index in [1.54, 1.807) is 0 Å². The van der Waals surface area contributed by atoms with Gasteiger partial charge in [-0.3, -0.25) is 9.69 Å². The Morgan fingerprint density at radius 2 is 1.85 bits per heavy atom. The summed E-state index contributed by atoms with van der Waals surface area (Å²) in [4.78, 5) is 13.7. The molecule has 3 N–H and O–H groups in total. The lowest BCUT2D eigenvalue weighted by molar-refractivity contribution is -0.145. The molecule has 6 heteroatoms. The van der Waals surface area contributed by atoms with Gasteiger partial charge in [0.25, 0.3) is 0 Å². The lowest BCUT2D eigenvalue weighted by atomic mass is 9.81. The van der Waals surface area contributed by atoms with Gasteiger partial charge in [-0.2, -0.15) is 12.6 Å². The first-order valence-electron chi connectivity index (χ1n) is 7.05. The summed E-state index contributed by atoms with van der Waals surface area (Å²) in [5.74, 6) is -0.241. The number of aliphatic hydroxyl groups is 1. The normalized spacial score (nSPS) is 15.2. The van der Waals surface area contributed by atoms with Crippen molar-refractivity contribution < 1.29 is 14.6 Å². The van der Waals surface area contributed by atoms with Gasteiger partial charge in [-0.1, -0.05) is 20.8 Å².